The zero-order chi connectivity index (χ0) is 18.8. The molecule has 0 saturated carbocycles. The van der Waals surface area contributed by atoms with E-state index in [4.69, 9.17) is 4.74 Å². The SMILES string of the molecule is COc1cccc2c1C(O)C1(O)CCC3=C(C(=O)CC(C)C3O)C1C2O. The Morgan fingerprint density at radius 3 is 2.62 bits per heavy atom. The quantitative estimate of drug-likeness (QED) is 0.599. The fourth-order valence-electron chi connectivity index (χ4n) is 5.05. The second-order valence-electron chi connectivity index (χ2n) is 7.77. The molecule has 4 N–H and O–H groups in total. The Morgan fingerprint density at radius 2 is 1.92 bits per heavy atom. The van der Waals surface area contributed by atoms with Gasteiger partial charge in [0.1, 0.15) is 17.5 Å². The van der Waals surface area contributed by atoms with Gasteiger partial charge in [-0.1, -0.05) is 19.1 Å². The van der Waals surface area contributed by atoms with Crippen molar-refractivity contribution in [3.05, 3.63) is 40.5 Å². The van der Waals surface area contributed by atoms with Gasteiger partial charge in [0.15, 0.2) is 5.78 Å². The van der Waals surface area contributed by atoms with Gasteiger partial charge in [-0.15, -0.1) is 0 Å². The summed E-state index contributed by atoms with van der Waals surface area (Å²) in [6.45, 7) is 1.82. The Hall–Kier alpha value is -1.73. The van der Waals surface area contributed by atoms with Crippen LogP contribution in [0, 0.1) is 11.8 Å². The summed E-state index contributed by atoms with van der Waals surface area (Å²) in [6.07, 6.45) is -2.58. The second kappa shape index (κ2) is 5.89. The van der Waals surface area contributed by atoms with E-state index in [1.54, 1.807) is 18.2 Å². The monoisotopic (exact) mass is 360 g/mol. The van der Waals surface area contributed by atoms with E-state index in [1.807, 2.05) is 6.92 Å². The van der Waals surface area contributed by atoms with Crippen LogP contribution in [-0.4, -0.2) is 45.0 Å². The number of methoxy groups -OCH3 is 1. The Kier molecular flexibility index (Phi) is 4.00. The van der Waals surface area contributed by atoms with Gasteiger partial charge in [0.25, 0.3) is 0 Å². The molecule has 0 amide bonds. The fourth-order valence-corrected chi connectivity index (χ4v) is 5.05. The van der Waals surface area contributed by atoms with Gasteiger partial charge in [-0.3, -0.25) is 4.79 Å². The lowest BCUT2D eigenvalue weighted by Gasteiger charge is -2.52. The molecule has 4 rings (SSSR count). The first-order valence-electron chi connectivity index (χ1n) is 9.00. The molecule has 3 aliphatic carbocycles. The summed E-state index contributed by atoms with van der Waals surface area (Å²) in [5, 5.41) is 44.0. The second-order valence-corrected chi connectivity index (χ2v) is 7.77. The third-order valence-corrected chi connectivity index (χ3v) is 6.40. The highest BCUT2D eigenvalue weighted by Gasteiger charge is 2.59. The molecule has 6 atom stereocenters. The van der Waals surface area contributed by atoms with E-state index in [-0.39, 0.29) is 24.5 Å². The highest BCUT2D eigenvalue weighted by Crippen LogP contribution is 2.58. The van der Waals surface area contributed by atoms with Crippen LogP contribution in [0.4, 0.5) is 0 Å². The maximum Gasteiger partial charge on any atom is 0.159 e. The molecule has 0 bridgehead atoms. The first-order chi connectivity index (χ1) is 12.3. The van der Waals surface area contributed by atoms with Gasteiger partial charge < -0.3 is 25.2 Å². The number of Topliss-reactive ketones (excluding diaryl/α,β-unsaturated/α-hetero) is 1. The fraction of sp³-hybridized carbons (Fsp3) is 0.550. The molecule has 6 heteroatoms. The largest absolute Gasteiger partial charge is 0.496 e. The summed E-state index contributed by atoms with van der Waals surface area (Å²) in [5.74, 6) is -0.927. The first kappa shape index (κ1) is 17.7. The Bertz CT molecular complexity index is 799. The predicted octanol–water partition coefficient (Wildman–Crippen LogP) is 1.18. The van der Waals surface area contributed by atoms with E-state index >= 15 is 0 Å². The number of ketones is 1. The smallest absolute Gasteiger partial charge is 0.159 e. The van der Waals surface area contributed by atoms with Crippen LogP contribution in [0.15, 0.2) is 29.3 Å². The average Bonchev–Trinajstić information content (AvgIpc) is 2.63. The number of hydrogen-bond donors (Lipinski definition) is 4. The molecule has 1 aromatic carbocycles. The highest BCUT2D eigenvalue weighted by atomic mass is 16.5. The average molecular weight is 360 g/mol. The normalized spacial score (nSPS) is 39.2. The van der Waals surface area contributed by atoms with E-state index in [2.05, 4.69) is 0 Å². The molecule has 26 heavy (non-hydrogen) atoms. The van der Waals surface area contributed by atoms with E-state index in [0.29, 0.717) is 34.4 Å². The molecule has 140 valence electrons. The minimum absolute atomic E-state index is 0.156. The van der Waals surface area contributed by atoms with Crippen LogP contribution in [-0.2, 0) is 4.79 Å². The minimum Gasteiger partial charge on any atom is -0.496 e. The Morgan fingerprint density at radius 1 is 1.19 bits per heavy atom. The van der Waals surface area contributed by atoms with E-state index in [9.17, 15) is 25.2 Å². The summed E-state index contributed by atoms with van der Waals surface area (Å²) in [6, 6.07) is 5.05. The molecule has 0 fully saturated rings. The maximum atomic E-state index is 12.8. The molecule has 0 aromatic heterocycles. The van der Waals surface area contributed by atoms with E-state index < -0.39 is 29.8 Å². The summed E-state index contributed by atoms with van der Waals surface area (Å²) < 4.78 is 5.31. The molecule has 0 spiro atoms. The molecule has 0 heterocycles. The van der Waals surface area contributed by atoms with Crippen molar-refractivity contribution in [3.63, 3.8) is 0 Å². The lowest BCUT2D eigenvalue weighted by atomic mass is 9.57. The minimum atomic E-state index is -1.68. The molecular formula is C20H24O6. The van der Waals surface area contributed by atoms with Gasteiger partial charge in [0, 0.05) is 23.5 Å². The molecule has 1 aromatic rings. The van der Waals surface area contributed by atoms with Crippen LogP contribution in [0.3, 0.4) is 0 Å². The van der Waals surface area contributed by atoms with E-state index in [0.717, 1.165) is 0 Å². The third-order valence-electron chi connectivity index (χ3n) is 6.40. The van der Waals surface area contributed by atoms with Crippen molar-refractivity contribution in [2.45, 2.75) is 50.1 Å². The molecule has 0 saturated heterocycles. The Labute approximate surface area is 151 Å². The summed E-state index contributed by atoms with van der Waals surface area (Å²) in [4.78, 5) is 12.8. The van der Waals surface area contributed by atoms with Crippen LogP contribution in [0.2, 0.25) is 0 Å². The van der Waals surface area contributed by atoms with Gasteiger partial charge >= 0.3 is 0 Å². The standard InChI is InChI=1S/C20H24O6/c1-9-8-12(21)14-11(17(9)22)6-7-20(25)16(14)18(23)10-4-3-5-13(26-2)15(10)19(20)24/h3-5,9,16-19,22-25H,6-8H2,1-2H3. The number of benzene rings is 1. The number of rotatable bonds is 1. The van der Waals surface area contributed by atoms with Crippen molar-refractivity contribution >= 4 is 5.78 Å². The zero-order valence-corrected chi connectivity index (χ0v) is 14.8. The van der Waals surface area contributed by atoms with Crippen molar-refractivity contribution in [1.29, 1.82) is 0 Å². The molecule has 3 aliphatic rings. The number of hydrogen-bond acceptors (Lipinski definition) is 6. The predicted molar refractivity (Wildman–Crippen MR) is 92.4 cm³/mol. The summed E-state index contributed by atoms with van der Waals surface area (Å²) in [7, 11) is 1.47. The first-order valence-corrected chi connectivity index (χ1v) is 9.00. The van der Waals surface area contributed by atoms with Crippen LogP contribution < -0.4 is 4.74 Å². The van der Waals surface area contributed by atoms with Crippen molar-refractivity contribution in [2.75, 3.05) is 7.11 Å². The molecule has 0 radical (unpaired) electrons. The number of ether oxygens (including phenoxy) is 1. The van der Waals surface area contributed by atoms with E-state index in [1.165, 1.54) is 7.11 Å². The number of aliphatic hydroxyl groups excluding tert-OH is 3. The number of carbonyl (C=O) groups excluding carboxylic acids is 1. The zero-order valence-electron chi connectivity index (χ0n) is 14.8. The topological polar surface area (TPSA) is 107 Å². The lowest BCUT2D eigenvalue weighted by Crippen LogP contribution is -2.55. The highest BCUT2D eigenvalue weighted by molar-refractivity contribution is 5.98. The van der Waals surface area contributed by atoms with Gasteiger partial charge in [-0.25, -0.2) is 0 Å². The number of aliphatic hydroxyl groups is 4. The van der Waals surface area contributed by atoms with Crippen molar-refractivity contribution in [1.82, 2.24) is 0 Å². The number of carbonyl (C=O) groups is 1. The molecule has 6 unspecified atom stereocenters. The van der Waals surface area contributed by atoms with Gasteiger partial charge in [0.05, 0.1) is 19.3 Å². The lowest BCUT2D eigenvalue weighted by molar-refractivity contribution is -0.161. The van der Waals surface area contributed by atoms with Crippen molar-refractivity contribution < 1.29 is 30.0 Å². The van der Waals surface area contributed by atoms with Gasteiger partial charge in [-0.05, 0) is 36.0 Å². The van der Waals surface area contributed by atoms with Crippen LogP contribution in [0.1, 0.15) is 49.5 Å². The summed E-state index contributed by atoms with van der Waals surface area (Å²) >= 11 is 0. The van der Waals surface area contributed by atoms with Gasteiger partial charge in [0.2, 0.25) is 0 Å². The summed E-state index contributed by atoms with van der Waals surface area (Å²) in [5.41, 5.74) is 0.0181. The third kappa shape index (κ3) is 2.16. The molecule has 0 aliphatic heterocycles. The Balaban J connectivity index is 1.93. The van der Waals surface area contributed by atoms with Crippen LogP contribution >= 0.6 is 0 Å². The van der Waals surface area contributed by atoms with Crippen molar-refractivity contribution in [2.24, 2.45) is 11.8 Å². The van der Waals surface area contributed by atoms with Crippen molar-refractivity contribution in [3.8, 4) is 5.75 Å². The van der Waals surface area contributed by atoms with Gasteiger partial charge in [-0.2, -0.15) is 0 Å². The number of fused-ring (bicyclic) bond motifs is 3. The van der Waals surface area contributed by atoms with Crippen LogP contribution in [0.25, 0.3) is 0 Å². The van der Waals surface area contributed by atoms with Crippen LogP contribution in [0.5, 0.6) is 5.75 Å². The maximum absolute atomic E-state index is 12.8. The molecular weight excluding hydrogens is 336 g/mol. The molecule has 6 nitrogen and oxygen atoms in total.